The van der Waals surface area contributed by atoms with E-state index in [1.165, 1.54) is 5.56 Å². The number of nitrogens with one attached hydrogen (secondary N) is 1. The molecule has 0 bridgehead atoms. The Labute approximate surface area is 83.5 Å². The van der Waals surface area contributed by atoms with E-state index >= 15 is 0 Å². The van der Waals surface area contributed by atoms with E-state index in [9.17, 15) is 0 Å². The molecule has 1 aromatic carbocycles. The average molecular weight is 200 g/mol. The second-order valence-corrected chi connectivity index (χ2v) is 3.39. The normalized spacial score (nSPS) is 10.4. The van der Waals surface area contributed by atoms with Crippen LogP contribution in [0.15, 0.2) is 18.2 Å². The van der Waals surface area contributed by atoms with E-state index in [4.69, 9.17) is 16.7 Å². The molecule has 0 fully saturated rings. The largest absolute Gasteiger partial charge is 0.395 e. The second-order valence-electron chi connectivity index (χ2n) is 2.98. The summed E-state index contributed by atoms with van der Waals surface area (Å²) in [5, 5.41) is 12.5. The average Bonchev–Trinajstić information content (AvgIpc) is 2.12. The molecule has 0 aliphatic heterocycles. The van der Waals surface area contributed by atoms with Crippen molar-refractivity contribution in [3.63, 3.8) is 0 Å². The van der Waals surface area contributed by atoms with Gasteiger partial charge in [-0.3, -0.25) is 0 Å². The predicted octanol–water partition coefficient (Wildman–Crippen LogP) is 1.73. The van der Waals surface area contributed by atoms with Gasteiger partial charge in [-0.15, -0.1) is 0 Å². The molecule has 2 nitrogen and oxygen atoms in total. The molecule has 1 aromatic rings. The van der Waals surface area contributed by atoms with Gasteiger partial charge in [0.15, 0.2) is 0 Å². The quantitative estimate of drug-likeness (QED) is 0.724. The molecule has 0 saturated carbocycles. The molecule has 1 rings (SSSR count). The van der Waals surface area contributed by atoms with E-state index in [0.29, 0.717) is 6.54 Å². The number of benzene rings is 1. The Bertz CT molecular complexity index is 276. The maximum absolute atomic E-state index is 8.56. The molecule has 0 radical (unpaired) electrons. The van der Waals surface area contributed by atoms with Crippen molar-refractivity contribution in [2.75, 3.05) is 13.2 Å². The van der Waals surface area contributed by atoms with Gasteiger partial charge in [0.25, 0.3) is 0 Å². The molecule has 72 valence electrons. The Morgan fingerprint density at radius 2 is 2.23 bits per heavy atom. The summed E-state index contributed by atoms with van der Waals surface area (Å²) in [6.45, 7) is 3.56. The zero-order valence-electron chi connectivity index (χ0n) is 7.68. The minimum Gasteiger partial charge on any atom is -0.395 e. The third-order valence-electron chi connectivity index (χ3n) is 1.84. The lowest BCUT2D eigenvalue weighted by atomic mass is 10.1. The summed E-state index contributed by atoms with van der Waals surface area (Å²) in [6.07, 6.45) is 0. The van der Waals surface area contributed by atoms with Crippen LogP contribution in [0.4, 0.5) is 0 Å². The number of aryl methyl sites for hydroxylation is 1. The molecule has 2 N–H and O–H groups in total. The van der Waals surface area contributed by atoms with Gasteiger partial charge in [0.2, 0.25) is 0 Å². The van der Waals surface area contributed by atoms with Gasteiger partial charge >= 0.3 is 0 Å². The first-order valence-corrected chi connectivity index (χ1v) is 4.68. The Morgan fingerprint density at radius 3 is 2.85 bits per heavy atom. The molecule has 0 saturated heterocycles. The van der Waals surface area contributed by atoms with Gasteiger partial charge in [-0.2, -0.15) is 0 Å². The Balaban J connectivity index is 2.53. The third-order valence-corrected chi connectivity index (χ3v) is 2.26. The number of aliphatic hydroxyl groups excluding tert-OH is 1. The lowest BCUT2D eigenvalue weighted by Crippen LogP contribution is -2.17. The number of hydrogen-bond donors (Lipinski definition) is 2. The van der Waals surface area contributed by atoms with Crippen molar-refractivity contribution in [3.05, 3.63) is 34.3 Å². The van der Waals surface area contributed by atoms with Crippen LogP contribution in [0.2, 0.25) is 5.02 Å². The first-order valence-electron chi connectivity index (χ1n) is 4.30. The van der Waals surface area contributed by atoms with Crippen molar-refractivity contribution < 1.29 is 5.11 Å². The van der Waals surface area contributed by atoms with Crippen LogP contribution >= 0.6 is 11.6 Å². The van der Waals surface area contributed by atoms with E-state index < -0.39 is 0 Å². The maximum atomic E-state index is 8.56. The Hall–Kier alpha value is -0.570. The number of aliphatic hydroxyl groups is 1. The van der Waals surface area contributed by atoms with Crippen LogP contribution in [0.3, 0.4) is 0 Å². The van der Waals surface area contributed by atoms with Crippen LogP contribution in [0.5, 0.6) is 0 Å². The van der Waals surface area contributed by atoms with Gasteiger partial charge in [0, 0.05) is 18.1 Å². The number of halogens is 1. The van der Waals surface area contributed by atoms with Crippen molar-refractivity contribution in [1.29, 1.82) is 0 Å². The molecule has 0 aromatic heterocycles. The smallest absolute Gasteiger partial charge is 0.0556 e. The van der Waals surface area contributed by atoms with Gasteiger partial charge in [0.1, 0.15) is 0 Å². The molecular weight excluding hydrogens is 186 g/mol. The summed E-state index contributed by atoms with van der Waals surface area (Å²) in [5.74, 6) is 0. The Morgan fingerprint density at radius 1 is 1.46 bits per heavy atom. The van der Waals surface area contributed by atoms with E-state index in [0.717, 1.165) is 17.1 Å². The van der Waals surface area contributed by atoms with E-state index in [-0.39, 0.29) is 6.61 Å². The van der Waals surface area contributed by atoms with Crippen LogP contribution < -0.4 is 5.32 Å². The molecule has 0 spiro atoms. The van der Waals surface area contributed by atoms with Gasteiger partial charge in [-0.1, -0.05) is 23.7 Å². The summed E-state index contributed by atoms with van der Waals surface area (Å²) < 4.78 is 0. The molecule has 13 heavy (non-hydrogen) atoms. The molecule has 0 unspecified atom stereocenters. The minimum atomic E-state index is 0.173. The predicted molar refractivity (Wildman–Crippen MR) is 55.0 cm³/mol. The number of rotatable bonds is 4. The van der Waals surface area contributed by atoms with Gasteiger partial charge in [-0.25, -0.2) is 0 Å². The molecule has 0 aliphatic carbocycles. The molecule has 0 atom stereocenters. The van der Waals surface area contributed by atoms with Crippen LogP contribution in [-0.2, 0) is 6.54 Å². The molecule has 3 heteroatoms. The highest BCUT2D eigenvalue weighted by atomic mass is 35.5. The fourth-order valence-corrected chi connectivity index (χ4v) is 1.25. The van der Waals surface area contributed by atoms with Crippen molar-refractivity contribution in [2.24, 2.45) is 0 Å². The maximum Gasteiger partial charge on any atom is 0.0556 e. The standard InChI is InChI=1S/C10H14ClNO/c1-8-6-9(2-3-10(8)11)7-12-4-5-13/h2-3,6,12-13H,4-5,7H2,1H3. The summed E-state index contributed by atoms with van der Waals surface area (Å²) in [6, 6.07) is 5.93. The minimum absolute atomic E-state index is 0.173. The second kappa shape index (κ2) is 5.22. The van der Waals surface area contributed by atoms with E-state index in [1.807, 2.05) is 25.1 Å². The van der Waals surface area contributed by atoms with Gasteiger partial charge in [-0.05, 0) is 24.1 Å². The fraction of sp³-hybridized carbons (Fsp3) is 0.400. The highest BCUT2D eigenvalue weighted by Gasteiger charge is 1.96. The fourth-order valence-electron chi connectivity index (χ4n) is 1.13. The molecule has 0 heterocycles. The first-order chi connectivity index (χ1) is 6.24. The summed E-state index contributed by atoms with van der Waals surface area (Å²) >= 11 is 5.88. The lowest BCUT2D eigenvalue weighted by molar-refractivity contribution is 0.292. The van der Waals surface area contributed by atoms with E-state index in [1.54, 1.807) is 0 Å². The topological polar surface area (TPSA) is 32.3 Å². The first kappa shape index (κ1) is 10.5. The highest BCUT2D eigenvalue weighted by Crippen LogP contribution is 2.15. The highest BCUT2D eigenvalue weighted by molar-refractivity contribution is 6.31. The van der Waals surface area contributed by atoms with E-state index in [2.05, 4.69) is 5.32 Å². The zero-order chi connectivity index (χ0) is 9.68. The zero-order valence-corrected chi connectivity index (χ0v) is 8.43. The summed E-state index contributed by atoms with van der Waals surface area (Å²) in [4.78, 5) is 0. The van der Waals surface area contributed by atoms with Gasteiger partial charge < -0.3 is 10.4 Å². The monoisotopic (exact) mass is 199 g/mol. The molecule has 0 amide bonds. The summed E-state index contributed by atoms with van der Waals surface area (Å²) in [7, 11) is 0. The van der Waals surface area contributed by atoms with Crippen LogP contribution in [0, 0.1) is 6.92 Å². The van der Waals surface area contributed by atoms with Crippen LogP contribution in [0.25, 0.3) is 0 Å². The molecule has 0 aliphatic rings. The van der Waals surface area contributed by atoms with Gasteiger partial charge in [0.05, 0.1) is 6.61 Å². The van der Waals surface area contributed by atoms with Crippen LogP contribution in [0.1, 0.15) is 11.1 Å². The van der Waals surface area contributed by atoms with Crippen LogP contribution in [-0.4, -0.2) is 18.3 Å². The van der Waals surface area contributed by atoms with Crippen molar-refractivity contribution in [3.8, 4) is 0 Å². The lowest BCUT2D eigenvalue weighted by Gasteiger charge is -2.04. The third kappa shape index (κ3) is 3.35. The van der Waals surface area contributed by atoms with Crippen molar-refractivity contribution >= 4 is 11.6 Å². The summed E-state index contributed by atoms with van der Waals surface area (Å²) in [5.41, 5.74) is 2.28. The van der Waals surface area contributed by atoms with Crippen molar-refractivity contribution in [1.82, 2.24) is 5.32 Å². The molecular formula is C10H14ClNO. The van der Waals surface area contributed by atoms with Crippen molar-refractivity contribution in [2.45, 2.75) is 13.5 Å². The Kier molecular flexibility index (Phi) is 4.22. The SMILES string of the molecule is Cc1cc(CNCCO)ccc1Cl. The number of hydrogen-bond acceptors (Lipinski definition) is 2.